The van der Waals surface area contributed by atoms with Crippen LogP contribution < -0.4 is 10.5 Å². The average Bonchev–Trinajstić information content (AvgIpc) is 2.88. The lowest BCUT2D eigenvalue weighted by atomic mass is 9.99. The van der Waals surface area contributed by atoms with Gasteiger partial charge in [0.25, 0.3) is 0 Å². The monoisotopic (exact) mass is 327 g/mol. The van der Waals surface area contributed by atoms with Gasteiger partial charge in [-0.2, -0.15) is 0 Å². The third-order valence-electron chi connectivity index (χ3n) is 3.51. The average molecular weight is 328 g/mol. The second-order valence-electron chi connectivity index (χ2n) is 4.84. The maximum absolute atomic E-state index is 14.0. The van der Waals surface area contributed by atoms with Crippen LogP contribution in [0.1, 0.15) is 5.56 Å². The van der Waals surface area contributed by atoms with Crippen LogP contribution in [0.25, 0.3) is 11.1 Å². The third-order valence-corrected chi connectivity index (χ3v) is 4.14. The first-order valence-corrected chi connectivity index (χ1v) is 7.14. The Morgan fingerprint density at radius 2 is 2.00 bits per heavy atom. The van der Waals surface area contributed by atoms with Gasteiger partial charge >= 0.3 is 0 Å². The van der Waals surface area contributed by atoms with Gasteiger partial charge in [0.2, 0.25) is 0 Å². The second kappa shape index (κ2) is 5.37. The molecule has 0 radical (unpaired) electrons. The lowest BCUT2D eigenvalue weighted by molar-refractivity contribution is 0.242. The molecule has 0 amide bonds. The van der Waals surface area contributed by atoms with Gasteiger partial charge in [-0.1, -0.05) is 29.3 Å². The summed E-state index contributed by atoms with van der Waals surface area (Å²) in [4.78, 5) is 0. The van der Waals surface area contributed by atoms with Gasteiger partial charge in [0, 0.05) is 29.7 Å². The molecule has 0 aromatic heterocycles. The molecule has 0 fully saturated rings. The number of aromatic hydroxyl groups is 1. The van der Waals surface area contributed by atoms with E-state index in [2.05, 4.69) is 0 Å². The molecule has 0 saturated heterocycles. The Bertz CT molecular complexity index is 701. The molecule has 2 aromatic carbocycles. The maximum atomic E-state index is 14.0. The van der Waals surface area contributed by atoms with Crippen molar-refractivity contribution in [2.45, 2.75) is 12.5 Å². The molecule has 3 nitrogen and oxygen atoms in total. The van der Waals surface area contributed by atoms with Crippen LogP contribution in [0.3, 0.4) is 0 Å². The molecule has 21 heavy (non-hydrogen) atoms. The van der Waals surface area contributed by atoms with E-state index in [1.807, 2.05) is 0 Å². The number of nitrogens with two attached hydrogens (primary N) is 1. The summed E-state index contributed by atoms with van der Waals surface area (Å²) in [7, 11) is 0. The van der Waals surface area contributed by atoms with Crippen molar-refractivity contribution in [3.05, 3.63) is 45.7 Å². The van der Waals surface area contributed by atoms with Gasteiger partial charge in [0.1, 0.15) is 11.9 Å². The molecule has 3 rings (SSSR count). The van der Waals surface area contributed by atoms with Gasteiger partial charge in [0.05, 0.1) is 10.0 Å². The zero-order valence-corrected chi connectivity index (χ0v) is 12.4. The Morgan fingerprint density at radius 3 is 2.62 bits per heavy atom. The van der Waals surface area contributed by atoms with Gasteiger partial charge in [-0.25, -0.2) is 4.39 Å². The van der Waals surface area contributed by atoms with Crippen LogP contribution >= 0.6 is 23.2 Å². The Kier molecular flexibility index (Phi) is 3.69. The molecule has 6 heteroatoms. The number of ether oxygens (including phenoxy) is 1. The van der Waals surface area contributed by atoms with E-state index in [0.29, 0.717) is 38.9 Å². The first-order chi connectivity index (χ1) is 10.0. The van der Waals surface area contributed by atoms with E-state index in [9.17, 15) is 9.50 Å². The molecule has 1 aliphatic rings. The highest BCUT2D eigenvalue weighted by molar-refractivity contribution is 6.39. The summed E-state index contributed by atoms with van der Waals surface area (Å²) >= 11 is 12.4. The summed E-state index contributed by atoms with van der Waals surface area (Å²) in [6, 6.07) is 6.21. The smallest absolute Gasteiger partial charge is 0.165 e. The Hall–Kier alpha value is -1.49. The van der Waals surface area contributed by atoms with Crippen LogP contribution in [-0.2, 0) is 6.42 Å². The number of benzene rings is 2. The van der Waals surface area contributed by atoms with Crippen molar-refractivity contribution in [2.75, 3.05) is 6.54 Å². The number of phenolic OH excluding ortho intramolecular Hbond substituents is 1. The van der Waals surface area contributed by atoms with Crippen molar-refractivity contribution < 1.29 is 14.2 Å². The van der Waals surface area contributed by atoms with Gasteiger partial charge in [-0.05, 0) is 18.2 Å². The van der Waals surface area contributed by atoms with E-state index in [1.165, 1.54) is 6.07 Å². The van der Waals surface area contributed by atoms with Crippen LogP contribution in [0.15, 0.2) is 24.3 Å². The Morgan fingerprint density at radius 1 is 1.33 bits per heavy atom. The van der Waals surface area contributed by atoms with E-state index in [4.69, 9.17) is 33.7 Å². The van der Waals surface area contributed by atoms with Crippen molar-refractivity contribution >= 4 is 23.2 Å². The minimum Gasteiger partial charge on any atom is -0.505 e. The van der Waals surface area contributed by atoms with Gasteiger partial charge in [-0.3, -0.25) is 0 Å². The van der Waals surface area contributed by atoms with Crippen LogP contribution in [0.4, 0.5) is 4.39 Å². The van der Waals surface area contributed by atoms with Crippen LogP contribution in [0.2, 0.25) is 10.0 Å². The summed E-state index contributed by atoms with van der Waals surface area (Å²) < 4.78 is 19.7. The summed E-state index contributed by atoms with van der Waals surface area (Å²) in [5.41, 5.74) is 6.90. The fraction of sp³-hybridized carbons (Fsp3) is 0.200. The van der Waals surface area contributed by atoms with Crippen molar-refractivity contribution in [1.82, 2.24) is 0 Å². The first-order valence-electron chi connectivity index (χ1n) is 6.38. The van der Waals surface area contributed by atoms with Gasteiger partial charge in [-0.15, -0.1) is 0 Å². The minimum atomic E-state index is -0.735. The van der Waals surface area contributed by atoms with Crippen LogP contribution in [0, 0.1) is 5.82 Å². The highest BCUT2D eigenvalue weighted by Gasteiger charge is 2.31. The highest BCUT2D eigenvalue weighted by Crippen LogP contribution is 2.48. The number of rotatable bonds is 2. The molecule has 3 N–H and O–H groups in total. The molecule has 0 spiro atoms. The molecule has 0 unspecified atom stereocenters. The van der Waals surface area contributed by atoms with E-state index in [-0.39, 0.29) is 12.6 Å². The number of fused-ring (bicyclic) bond motifs is 1. The van der Waals surface area contributed by atoms with Crippen molar-refractivity contribution in [3.8, 4) is 22.6 Å². The van der Waals surface area contributed by atoms with Crippen LogP contribution in [0.5, 0.6) is 11.5 Å². The largest absolute Gasteiger partial charge is 0.505 e. The molecule has 0 bridgehead atoms. The number of hydrogen-bond acceptors (Lipinski definition) is 3. The van der Waals surface area contributed by atoms with E-state index < -0.39 is 11.6 Å². The zero-order chi connectivity index (χ0) is 15.1. The summed E-state index contributed by atoms with van der Waals surface area (Å²) in [6.07, 6.45) is 0.0533. The number of hydrogen-bond donors (Lipinski definition) is 2. The normalized spacial score (nSPS) is 16.7. The van der Waals surface area contributed by atoms with Crippen LogP contribution in [-0.4, -0.2) is 17.8 Å². The maximum Gasteiger partial charge on any atom is 0.165 e. The molecule has 1 heterocycles. The van der Waals surface area contributed by atoms with E-state index in [1.54, 1.807) is 18.2 Å². The predicted octanol–water partition coefficient (Wildman–Crippen LogP) is 3.77. The highest BCUT2D eigenvalue weighted by atomic mass is 35.5. The fourth-order valence-corrected chi connectivity index (χ4v) is 3.11. The molecule has 2 aromatic rings. The minimum absolute atomic E-state index is 0.269. The molecular weight excluding hydrogens is 316 g/mol. The lowest BCUT2D eigenvalue weighted by Crippen LogP contribution is -2.24. The van der Waals surface area contributed by atoms with E-state index >= 15 is 0 Å². The Labute approximate surface area is 131 Å². The summed E-state index contributed by atoms with van der Waals surface area (Å²) in [5, 5.41) is 10.6. The topological polar surface area (TPSA) is 55.5 Å². The lowest BCUT2D eigenvalue weighted by Gasteiger charge is -2.14. The zero-order valence-electron chi connectivity index (χ0n) is 10.9. The number of phenols is 1. The third kappa shape index (κ3) is 2.33. The van der Waals surface area contributed by atoms with Gasteiger partial charge in [0.15, 0.2) is 11.6 Å². The molecule has 110 valence electrons. The summed E-state index contributed by atoms with van der Waals surface area (Å²) in [6.45, 7) is 0.269. The quantitative estimate of drug-likeness (QED) is 0.882. The molecule has 1 aliphatic heterocycles. The molecule has 1 atom stereocenters. The Balaban J connectivity index is 2.26. The van der Waals surface area contributed by atoms with Crippen molar-refractivity contribution in [1.29, 1.82) is 0 Å². The van der Waals surface area contributed by atoms with Crippen molar-refractivity contribution in [2.24, 2.45) is 5.73 Å². The molecule has 0 aliphatic carbocycles. The predicted molar refractivity (Wildman–Crippen MR) is 80.7 cm³/mol. The molecular formula is C15H12Cl2FNO2. The molecule has 0 saturated carbocycles. The SMILES string of the molecule is NC[C@H]1Cc2c(O)c(F)cc(-c3c(Cl)cccc3Cl)c2O1. The van der Waals surface area contributed by atoms with Crippen molar-refractivity contribution in [3.63, 3.8) is 0 Å². The van der Waals surface area contributed by atoms with Gasteiger partial charge < -0.3 is 15.6 Å². The standard InChI is InChI=1S/C15H12Cl2FNO2/c16-10-2-1-3-11(17)13(10)8-5-12(18)14(20)9-4-7(6-19)21-15(8)9/h1-3,5,7,20H,4,6,19H2/t7-/m1/s1. The first kappa shape index (κ1) is 14.4. The number of halogens is 3. The second-order valence-corrected chi connectivity index (χ2v) is 5.65. The fourth-order valence-electron chi connectivity index (χ4n) is 2.51. The van der Waals surface area contributed by atoms with E-state index in [0.717, 1.165) is 0 Å². The summed E-state index contributed by atoms with van der Waals surface area (Å²) in [5.74, 6) is -0.756.